The molecule has 0 aliphatic rings. The molecule has 0 aromatic heterocycles. The van der Waals surface area contributed by atoms with E-state index in [1.807, 2.05) is 24.3 Å². The molecule has 0 N–H and O–H groups in total. The van der Waals surface area contributed by atoms with Gasteiger partial charge in [0, 0.05) is 15.9 Å². The molecule has 1 aromatic carbocycles. The SMILES string of the molecule is Brc1ccccc1Br.CCCCOC(C)=O. The highest BCUT2D eigenvalue weighted by Gasteiger charge is 1.88. The van der Waals surface area contributed by atoms with Crippen molar-refractivity contribution in [2.45, 2.75) is 26.7 Å². The fraction of sp³-hybridized carbons (Fsp3) is 0.417. The second-order valence-corrected chi connectivity index (χ2v) is 4.82. The number of unbranched alkanes of at least 4 members (excludes halogenated alkanes) is 1. The highest BCUT2D eigenvalue weighted by Crippen LogP contribution is 2.20. The summed E-state index contributed by atoms with van der Waals surface area (Å²) in [6.07, 6.45) is 2.05. The molecule has 0 radical (unpaired) electrons. The van der Waals surface area contributed by atoms with Crippen LogP contribution in [0.4, 0.5) is 0 Å². The predicted molar refractivity (Wildman–Crippen MR) is 73.4 cm³/mol. The van der Waals surface area contributed by atoms with Crippen molar-refractivity contribution >= 4 is 37.8 Å². The average molecular weight is 352 g/mol. The van der Waals surface area contributed by atoms with Gasteiger partial charge in [-0.3, -0.25) is 4.79 Å². The standard InChI is InChI=1S/C6H4Br2.C6H12O2/c7-5-3-1-2-4-6(5)8;1-3-4-5-8-6(2)7/h1-4H;3-5H2,1-2H3. The Hall–Kier alpha value is -0.350. The summed E-state index contributed by atoms with van der Waals surface area (Å²) in [5.74, 6) is -0.182. The minimum atomic E-state index is -0.182. The van der Waals surface area contributed by atoms with Crippen molar-refractivity contribution in [3.05, 3.63) is 33.2 Å². The molecule has 1 aromatic rings. The number of carbonyl (C=O) groups is 1. The lowest BCUT2D eigenvalue weighted by molar-refractivity contribution is -0.141. The van der Waals surface area contributed by atoms with E-state index in [0.29, 0.717) is 6.61 Å². The van der Waals surface area contributed by atoms with Gasteiger partial charge in [-0.05, 0) is 50.4 Å². The molecular weight excluding hydrogens is 336 g/mol. The van der Waals surface area contributed by atoms with E-state index in [1.165, 1.54) is 6.92 Å². The van der Waals surface area contributed by atoms with Gasteiger partial charge in [0.15, 0.2) is 0 Å². The Bertz CT molecular complexity index is 293. The molecule has 0 saturated carbocycles. The number of esters is 1. The van der Waals surface area contributed by atoms with Crippen molar-refractivity contribution in [3.63, 3.8) is 0 Å². The highest BCUT2D eigenvalue weighted by atomic mass is 79.9. The molecule has 0 heterocycles. The summed E-state index contributed by atoms with van der Waals surface area (Å²) in [7, 11) is 0. The lowest BCUT2D eigenvalue weighted by Gasteiger charge is -1.96. The molecule has 1 rings (SSSR count). The Morgan fingerprint density at radius 1 is 1.25 bits per heavy atom. The van der Waals surface area contributed by atoms with E-state index in [0.717, 1.165) is 21.8 Å². The molecule has 0 aliphatic carbocycles. The summed E-state index contributed by atoms with van der Waals surface area (Å²) in [5, 5.41) is 0. The van der Waals surface area contributed by atoms with Gasteiger partial charge >= 0.3 is 5.97 Å². The first-order valence-corrected chi connectivity index (χ1v) is 6.70. The van der Waals surface area contributed by atoms with Crippen LogP contribution in [0.25, 0.3) is 0 Å². The van der Waals surface area contributed by atoms with E-state index < -0.39 is 0 Å². The maximum absolute atomic E-state index is 10.1. The van der Waals surface area contributed by atoms with Crippen molar-refractivity contribution in [2.75, 3.05) is 6.61 Å². The van der Waals surface area contributed by atoms with Gasteiger partial charge in [-0.25, -0.2) is 0 Å². The first-order chi connectivity index (χ1) is 7.57. The molecule has 4 heteroatoms. The normalized spacial score (nSPS) is 9.00. The summed E-state index contributed by atoms with van der Waals surface area (Å²) in [5.41, 5.74) is 0. The van der Waals surface area contributed by atoms with Crippen molar-refractivity contribution in [1.82, 2.24) is 0 Å². The summed E-state index contributed by atoms with van der Waals surface area (Å²) < 4.78 is 6.84. The zero-order chi connectivity index (χ0) is 12.4. The molecule has 0 spiro atoms. The van der Waals surface area contributed by atoms with Gasteiger partial charge in [0.1, 0.15) is 0 Å². The van der Waals surface area contributed by atoms with E-state index in [1.54, 1.807) is 0 Å². The smallest absolute Gasteiger partial charge is 0.302 e. The number of hydrogen-bond acceptors (Lipinski definition) is 2. The van der Waals surface area contributed by atoms with Crippen LogP contribution >= 0.6 is 31.9 Å². The van der Waals surface area contributed by atoms with Crippen LogP contribution in [0.15, 0.2) is 33.2 Å². The molecule has 0 unspecified atom stereocenters. The van der Waals surface area contributed by atoms with Crippen molar-refractivity contribution in [3.8, 4) is 0 Å². The number of ether oxygens (including phenoxy) is 1. The molecule has 2 nitrogen and oxygen atoms in total. The van der Waals surface area contributed by atoms with Gasteiger partial charge in [-0.15, -0.1) is 0 Å². The topological polar surface area (TPSA) is 26.3 Å². The quantitative estimate of drug-likeness (QED) is 0.589. The predicted octanol–water partition coefficient (Wildman–Crippen LogP) is 4.56. The Morgan fingerprint density at radius 2 is 1.75 bits per heavy atom. The van der Waals surface area contributed by atoms with E-state index in [4.69, 9.17) is 0 Å². The molecular formula is C12H16Br2O2. The van der Waals surface area contributed by atoms with Crippen LogP contribution in [0.1, 0.15) is 26.7 Å². The third-order valence-electron chi connectivity index (χ3n) is 1.63. The van der Waals surface area contributed by atoms with Gasteiger partial charge in [0.2, 0.25) is 0 Å². The third-order valence-corrected chi connectivity index (χ3v) is 3.54. The summed E-state index contributed by atoms with van der Waals surface area (Å²) >= 11 is 6.70. The van der Waals surface area contributed by atoms with Crippen LogP contribution in [0.5, 0.6) is 0 Å². The number of rotatable bonds is 3. The van der Waals surface area contributed by atoms with Crippen LogP contribution < -0.4 is 0 Å². The maximum Gasteiger partial charge on any atom is 0.302 e. The molecule has 0 saturated heterocycles. The lowest BCUT2D eigenvalue weighted by Crippen LogP contribution is -1.99. The summed E-state index contributed by atoms with van der Waals surface area (Å²) in [6, 6.07) is 7.94. The second kappa shape index (κ2) is 9.85. The largest absolute Gasteiger partial charge is 0.466 e. The fourth-order valence-electron chi connectivity index (χ4n) is 0.800. The molecule has 0 aliphatic heterocycles. The zero-order valence-corrected chi connectivity index (χ0v) is 12.7. The fourth-order valence-corrected chi connectivity index (χ4v) is 1.37. The van der Waals surface area contributed by atoms with Crippen LogP contribution in [-0.4, -0.2) is 12.6 Å². The summed E-state index contributed by atoms with van der Waals surface area (Å²) in [4.78, 5) is 10.1. The Morgan fingerprint density at radius 3 is 2.06 bits per heavy atom. The molecule has 90 valence electrons. The molecule has 16 heavy (non-hydrogen) atoms. The molecule has 0 fully saturated rings. The van der Waals surface area contributed by atoms with E-state index in [-0.39, 0.29) is 5.97 Å². The Labute approximate surface area is 114 Å². The first-order valence-electron chi connectivity index (χ1n) is 5.11. The van der Waals surface area contributed by atoms with Gasteiger partial charge in [0.05, 0.1) is 6.61 Å². The number of halogens is 2. The number of carbonyl (C=O) groups excluding carboxylic acids is 1. The van der Waals surface area contributed by atoms with Crippen molar-refractivity contribution in [2.24, 2.45) is 0 Å². The van der Waals surface area contributed by atoms with Crippen LogP contribution in [0.3, 0.4) is 0 Å². The van der Waals surface area contributed by atoms with Crippen molar-refractivity contribution < 1.29 is 9.53 Å². The van der Waals surface area contributed by atoms with E-state index in [2.05, 4.69) is 43.5 Å². The van der Waals surface area contributed by atoms with Crippen molar-refractivity contribution in [1.29, 1.82) is 0 Å². The molecule has 0 atom stereocenters. The Balaban J connectivity index is 0.000000281. The third kappa shape index (κ3) is 8.92. The number of benzene rings is 1. The number of hydrogen-bond donors (Lipinski definition) is 0. The Kier molecular flexibility index (Phi) is 9.63. The maximum atomic E-state index is 10.1. The van der Waals surface area contributed by atoms with Crippen LogP contribution in [0, 0.1) is 0 Å². The minimum Gasteiger partial charge on any atom is -0.466 e. The minimum absolute atomic E-state index is 0.182. The first kappa shape index (κ1) is 15.7. The van der Waals surface area contributed by atoms with Gasteiger partial charge < -0.3 is 4.74 Å². The van der Waals surface area contributed by atoms with Crippen LogP contribution in [0.2, 0.25) is 0 Å². The van der Waals surface area contributed by atoms with Gasteiger partial charge in [0.25, 0.3) is 0 Å². The van der Waals surface area contributed by atoms with Crippen LogP contribution in [-0.2, 0) is 9.53 Å². The van der Waals surface area contributed by atoms with E-state index >= 15 is 0 Å². The summed E-state index contributed by atoms with van der Waals surface area (Å²) in [6.45, 7) is 4.06. The van der Waals surface area contributed by atoms with Gasteiger partial charge in [-0.2, -0.15) is 0 Å². The average Bonchev–Trinajstić information content (AvgIpc) is 2.23. The molecule has 0 bridgehead atoms. The molecule has 0 amide bonds. The highest BCUT2D eigenvalue weighted by molar-refractivity contribution is 9.13. The van der Waals surface area contributed by atoms with E-state index in [9.17, 15) is 4.79 Å². The lowest BCUT2D eigenvalue weighted by atomic mass is 10.4. The zero-order valence-electron chi connectivity index (χ0n) is 9.50. The monoisotopic (exact) mass is 350 g/mol. The van der Waals surface area contributed by atoms with Gasteiger partial charge in [-0.1, -0.05) is 25.5 Å². The second-order valence-electron chi connectivity index (χ2n) is 3.11.